The van der Waals surface area contributed by atoms with Crippen LogP contribution in [0.4, 0.5) is 0 Å². The molecule has 94 valence electrons. The van der Waals surface area contributed by atoms with Gasteiger partial charge in [-0.15, -0.1) is 11.6 Å². The standard InChI is InChI=1S/C13H24ClNO/c1-2-11-6-5-7-12(10-11)15-13(16)8-3-4-9-14/h11-12H,2-10H2,1H3,(H,15,16). The predicted molar refractivity (Wildman–Crippen MR) is 68.8 cm³/mol. The minimum Gasteiger partial charge on any atom is -0.353 e. The Balaban J connectivity index is 2.17. The number of rotatable bonds is 6. The Morgan fingerprint density at radius 3 is 2.88 bits per heavy atom. The summed E-state index contributed by atoms with van der Waals surface area (Å²) in [7, 11) is 0. The first-order valence-corrected chi connectivity index (χ1v) is 7.15. The van der Waals surface area contributed by atoms with Gasteiger partial charge in [0.25, 0.3) is 0 Å². The third-order valence-electron chi connectivity index (χ3n) is 3.51. The van der Waals surface area contributed by atoms with Crippen molar-refractivity contribution in [1.82, 2.24) is 5.32 Å². The Morgan fingerprint density at radius 1 is 1.38 bits per heavy atom. The average Bonchev–Trinajstić information content (AvgIpc) is 2.29. The highest BCUT2D eigenvalue weighted by molar-refractivity contribution is 6.17. The quantitative estimate of drug-likeness (QED) is 0.563. The van der Waals surface area contributed by atoms with Crippen molar-refractivity contribution in [2.75, 3.05) is 5.88 Å². The summed E-state index contributed by atoms with van der Waals surface area (Å²) in [5.74, 6) is 1.70. The number of hydrogen-bond acceptors (Lipinski definition) is 1. The number of unbranched alkanes of at least 4 members (excludes halogenated alkanes) is 1. The zero-order valence-electron chi connectivity index (χ0n) is 10.3. The molecule has 2 nitrogen and oxygen atoms in total. The monoisotopic (exact) mass is 245 g/mol. The molecule has 16 heavy (non-hydrogen) atoms. The van der Waals surface area contributed by atoms with E-state index in [-0.39, 0.29) is 5.91 Å². The lowest BCUT2D eigenvalue weighted by molar-refractivity contribution is -0.122. The van der Waals surface area contributed by atoms with E-state index in [9.17, 15) is 4.79 Å². The van der Waals surface area contributed by atoms with Crippen LogP contribution in [0.2, 0.25) is 0 Å². The van der Waals surface area contributed by atoms with Gasteiger partial charge in [0.1, 0.15) is 0 Å². The second-order valence-corrected chi connectivity index (χ2v) is 5.23. The van der Waals surface area contributed by atoms with Gasteiger partial charge in [-0.1, -0.05) is 26.2 Å². The van der Waals surface area contributed by atoms with Gasteiger partial charge >= 0.3 is 0 Å². The fraction of sp³-hybridized carbons (Fsp3) is 0.923. The van der Waals surface area contributed by atoms with Crippen LogP contribution in [0.15, 0.2) is 0 Å². The highest BCUT2D eigenvalue weighted by Gasteiger charge is 2.21. The lowest BCUT2D eigenvalue weighted by Gasteiger charge is -2.29. The maximum absolute atomic E-state index is 11.6. The second-order valence-electron chi connectivity index (χ2n) is 4.85. The first kappa shape index (κ1) is 13.8. The number of halogens is 1. The third-order valence-corrected chi connectivity index (χ3v) is 3.78. The number of alkyl halides is 1. The molecule has 1 fully saturated rings. The average molecular weight is 246 g/mol. The molecule has 0 saturated heterocycles. The van der Waals surface area contributed by atoms with Gasteiger partial charge in [-0.25, -0.2) is 0 Å². The van der Waals surface area contributed by atoms with Crippen molar-refractivity contribution in [3.05, 3.63) is 0 Å². The van der Waals surface area contributed by atoms with E-state index in [1.165, 1.54) is 25.7 Å². The first-order valence-electron chi connectivity index (χ1n) is 6.61. The molecule has 0 aromatic rings. The molecule has 0 heterocycles. The van der Waals surface area contributed by atoms with Gasteiger partial charge in [-0.2, -0.15) is 0 Å². The van der Waals surface area contributed by atoms with Crippen LogP contribution < -0.4 is 5.32 Å². The normalized spacial score (nSPS) is 25.4. The SMILES string of the molecule is CCC1CCCC(NC(=O)CCCCCl)C1. The molecule has 2 atom stereocenters. The number of carbonyl (C=O) groups is 1. The lowest BCUT2D eigenvalue weighted by Crippen LogP contribution is -2.38. The van der Waals surface area contributed by atoms with Crippen molar-refractivity contribution < 1.29 is 4.79 Å². The number of carbonyl (C=O) groups excluding carboxylic acids is 1. The van der Waals surface area contributed by atoms with Crippen molar-refractivity contribution in [3.8, 4) is 0 Å². The van der Waals surface area contributed by atoms with Gasteiger partial charge in [-0.3, -0.25) is 4.79 Å². The Bertz CT molecular complexity index is 208. The molecule has 1 saturated carbocycles. The summed E-state index contributed by atoms with van der Waals surface area (Å²) in [6.07, 6.45) is 8.70. The molecule has 1 amide bonds. The molecule has 1 rings (SSSR count). The van der Waals surface area contributed by atoms with Crippen molar-refractivity contribution in [3.63, 3.8) is 0 Å². The summed E-state index contributed by atoms with van der Waals surface area (Å²) in [5.41, 5.74) is 0. The van der Waals surface area contributed by atoms with E-state index in [0.29, 0.717) is 18.3 Å². The molecule has 0 radical (unpaired) electrons. The topological polar surface area (TPSA) is 29.1 Å². The van der Waals surface area contributed by atoms with Crippen molar-refractivity contribution in [2.24, 2.45) is 5.92 Å². The number of amides is 1. The van der Waals surface area contributed by atoms with E-state index < -0.39 is 0 Å². The van der Waals surface area contributed by atoms with Crippen LogP contribution in [-0.4, -0.2) is 17.8 Å². The molecule has 0 spiro atoms. The molecule has 0 bridgehead atoms. The van der Waals surface area contributed by atoms with Crippen LogP contribution in [-0.2, 0) is 4.79 Å². The molecule has 1 N–H and O–H groups in total. The van der Waals surface area contributed by atoms with Crippen LogP contribution in [0.25, 0.3) is 0 Å². The summed E-state index contributed by atoms with van der Waals surface area (Å²) in [6.45, 7) is 2.25. The zero-order chi connectivity index (χ0) is 11.8. The van der Waals surface area contributed by atoms with Crippen LogP contribution in [0.3, 0.4) is 0 Å². The Morgan fingerprint density at radius 2 is 2.19 bits per heavy atom. The summed E-state index contributed by atoms with van der Waals surface area (Å²) < 4.78 is 0. The second kappa shape index (κ2) is 7.94. The Kier molecular flexibility index (Phi) is 6.86. The van der Waals surface area contributed by atoms with Gasteiger partial charge in [0.05, 0.1) is 0 Å². The summed E-state index contributed by atoms with van der Waals surface area (Å²) in [5, 5.41) is 3.16. The smallest absolute Gasteiger partial charge is 0.220 e. The maximum atomic E-state index is 11.6. The summed E-state index contributed by atoms with van der Waals surface area (Å²) in [6, 6.07) is 0.433. The van der Waals surface area contributed by atoms with Crippen LogP contribution in [0, 0.1) is 5.92 Å². The van der Waals surface area contributed by atoms with Crippen LogP contribution in [0.5, 0.6) is 0 Å². The Labute approximate surface area is 104 Å². The molecular formula is C13H24ClNO. The largest absolute Gasteiger partial charge is 0.353 e. The Hall–Kier alpha value is -0.240. The highest BCUT2D eigenvalue weighted by atomic mass is 35.5. The molecule has 0 aromatic carbocycles. The summed E-state index contributed by atoms with van der Waals surface area (Å²) >= 11 is 5.58. The van der Waals surface area contributed by atoms with Gasteiger partial charge in [0, 0.05) is 18.3 Å². The van der Waals surface area contributed by atoms with Crippen molar-refractivity contribution in [2.45, 2.75) is 64.3 Å². The minimum absolute atomic E-state index is 0.215. The van der Waals surface area contributed by atoms with Gasteiger partial charge in [0.15, 0.2) is 0 Å². The first-order chi connectivity index (χ1) is 7.76. The molecule has 3 heteroatoms. The zero-order valence-corrected chi connectivity index (χ0v) is 11.1. The van der Waals surface area contributed by atoms with E-state index in [2.05, 4.69) is 12.2 Å². The third kappa shape index (κ3) is 5.20. The number of hydrogen-bond donors (Lipinski definition) is 1. The fourth-order valence-electron chi connectivity index (χ4n) is 2.47. The van der Waals surface area contributed by atoms with Crippen molar-refractivity contribution >= 4 is 17.5 Å². The molecule has 1 aliphatic carbocycles. The van der Waals surface area contributed by atoms with E-state index in [1.807, 2.05) is 0 Å². The van der Waals surface area contributed by atoms with Gasteiger partial charge in [-0.05, 0) is 31.6 Å². The molecule has 0 aliphatic heterocycles. The number of nitrogens with one attached hydrogen (secondary N) is 1. The molecule has 0 aromatic heterocycles. The van der Waals surface area contributed by atoms with Crippen molar-refractivity contribution in [1.29, 1.82) is 0 Å². The van der Waals surface area contributed by atoms with Crippen LogP contribution >= 0.6 is 11.6 Å². The molecule has 1 aliphatic rings. The molecule has 2 unspecified atom stereocenters. The maximum Gasteiger partial charge on any atom is 0.220 e. The van der Waals surface area contributed by atoms with Gasteiger partial charge < -0.3 is 5.32 Å². The van der Waals surface area contributed by atoms with Crippen LogP contribution in [0.1, 0.15) is 58.3 Å². The van der Waals surface area contributed by atoms with E-state index in [1.54, 1.807) is 0 Å². The van der Waals surface area contributed by atoms with E-state index >= 15 is 0 Å². The fourth-order valence-corrected chi connectivity index (χ4v) is 2.66. The minimum atomic E-state index is 0.215. The lowest BCUT2D eigenvalue weighted by atomic mass is 9.84. The predicted octanol–water partition coefficient (Wildman–Crippen LogP) is 3.48. The highest BCUT2D eigenvalue weighted by Crippen LogP contribution is 2.26. The van der Waals surface area contributed by atoms with Gasteiger partial charge in [0.2, 0.25) is 5.91 Å². The van der Waals surface area contributed by atoms with E-state index in [4.69, 9.17) is 11.6 Å². The summed E-state index contributed by atoms with van der Waals surface area (Å²) in [4.78, 5) is 11.6. The van der Waals surface area contributed by atoms with E-state index in [0.717, 1.165) is 25.2 Å². The molecular weight excluding hydrogens is 222 g/mol.